The monoisotopic (exact) mass is 287 g/mol. The molecule has 0 unspecified atom stereocenters. The predicted molar refractivity (Wildman–Crippen MR) is 64.6 cm³/mol. The van der Waals surface area contributed by atoms with Crippen LogP contribution in [-0.2, 0) is 4.74 Å². The molecule has 1 rings (SSSR count). The van der Waals surface area contributed by atoms with E-state index in [-0.39, 0.29) is 0 Å². The average molecular weight is 288 g/mol. The SMILES string of the molecule is CCOC(=O)N(CCBr)Oc1ccccc1. The molecular formula is C11H14BrNO3. The van der Waals surface area contributed by atoms with Gasteiger partial charge in [-0.1, -0.05) is 34.1 Å². The van der Waals surface area contributed by atoms with Gasteiger partial charge in [0, 0.05) is 5.33 Å². The highest BCUT2D eigenvalue weighted by molar-refractivity contribution is 9.09. The molecule has 0 saturated heterocycles. The van der Waals surface area contributed by atoms with Crippen LogP contribution < -0.4 is 4.84 Å². The van der Waals surface area contributed by atoms with Crippen molar-refractivity contribution < 1.29 is 14.4 Å². The zero-order chi connectivity index (χ0) is 11.8. The Morgan fingerprint density at radius 3 is 2.62 bits per heavy atom. The van der Waals surface area contributed by atoms with E-state index in [1.807, 2.05) is 18.2 Å². The minimum atomic E-state index is -0.481. The number of carbonyl (C=O) groups excluding carboxylic acids is 1. The van der Waals surface area contributed by atoms with Crippen LogP contribution in [0.2, 0.25) is 0 Å². The lowest BCUT2D eigenvalue weighted by molar-refractivity contribution is -0.0420. The molecule has 0 fully saturated rings. The molecule has 1 amide bonds. The Morgan fingerprint density at radius 2 is 2.06 bits per heavy atom. The van der Waals surface area contributed by atoms with Crippen molar-refractivity contribution in [1.29, 1.82) is 0 Å². The van der Waals surface area contributed by atoms with E-state index in [0.29, 0.717) is 24.2 Å². The number of carbonyl (C=O) groups is 1. The number of para-hydroxylation sites is 1. The highest BCUT2D eigenvalue weighted by Crippen LogP contribution is 2.11. The summed E-state index contributed by atoms with van der Waals surface area (Å²) in [6, 6.07) is 9.12. The molecule has 5 heteroatoms. The van der Waals surface area contributed by atoms with Crippen LogP contribution in [0.4, 0.5) is 4.79 Å². The van der Waals surface area contributed by atoms with Gasteiger partial charge >= 0.3 is 6.09 Å². The van der Waals surface area contributed by atoms with Crippen molar-refractivity contribution in [3.63, 3.8) is 0 Å². The van der Waals surface area contributed by atoms with E-state index < -0.39 is 6.09 Å². The van der Waals surface area contributed by atoms with Crippen LogP contribution in [-0.4, -0.2) is 29.6 Å². The molecule has 0 spiro atoms. The maximum atomic E-state index is 11.5. The summed E-state index contributed by atoms with van der Waals surface area (Å²) in [5.74, 6) is 0.608. The lowest BCUT2D eigenvalue weighted by atomic mass is 10.3. The third kappa shape index (κ3) is 4.10. The van der Waals surface area contributed by atoms with Gasteiger partial charge < -0.3 is 9.57 Å². The Labute approximate surface area is 103 Å². The largest absolute Gasteiger partial charge is 0.448 e. The van der Waals surface area contributed by atoms with Crippen molar-refractivity contribution in [3.05, 3.63) is 30.3 Å². The first-order valence-electron chi connectivity index (χ1n) is 5.01. The van der Waals surface area contributed by atoms with Gasteiger partial charge in [0.05, 0.1) is 13.2 Å². The summed E-state index contributed by atoms with van der Waals surface area (Å²) in [6.45, 7) is 2.51. The third-order valence-electron chi connectivity index (χ3n) is 1.72. The second-order valence-electron chi connectivity index (χ2n) is 2.89. The fraction of sp³-hybridized carbons (Fsp3) is 0.364. The molecular weight excluding hydrogens is 274 g/mol. The molecule has 0 aliphatic rings. The van der Waals surface area contributed by atoms with Gasteiger partial charge in [-0.3, -0.25) is 0 Å². The maximum absolute atomic E-state index is 11.5. The fourth-order valence-electron chi connectivity index (χ4n) is 1.06. The number of hydrogen-bond acceptors (Lipinski definition) is 3. The Kier molecular flexibility index (Phi) is 5.71. The van der Waals surface area contributed by atoms with Gasteiger partial charge in [-0.2, -0.15) is 0 Å². The molecule has 0 heterocycles. The van der Waals surface area contributed by atoms with Crippen molar-refractivity contribution in [3.8, 4) is 5.75 Å². The first kappa shape index (κ1) is 12.8. The van der Waals surface area contributed by atoms with E-state index in [4.69, 9.17) is 9.57 Å². The van der Waals surface area contributed by atoms with Crippen LogP contribution in [0.5, 0.6) is 5.75 Å². The van der Waals surface area contributed by atoms with E-state index >= 15 is 0 Å². The number of amides is 1. The summed E-state index contributed by atoms with van der Waals surface area (Å²) < 4.78 is 4.87. The predicted octanol–water partition coefficient (Wildman–Crippen LogP) is 2.83. The van der Waals surface area contributed by atoms with Crippen molar-refractivity contribution in [2.24, 2.45) is 0 Å². The van der Waals surface area contributed by atoms with E-state index in [0.717, 1.165) is 0 Å². The summed E-state index contributed by atoms with van der Waals surface area (Å²) >= 11 is 3.25. The number of hydroxylamine groups is 2. The highest BCUT2D eigenvalue weighted by atomic mass is 79.9. The standard InChI is InChI=1S/C11H14BrNO3/c1-2-15-11(14)13(9-8-12)16-10-6-4-3-5-7-10/h3-7H,2,8-9H2,1H3. The molecule has 0 aromatic heterocycles. The topological polar surface area (TPSA) is 38.8 Å². The fourth-order valence-corrected chi connectivity index (χ4v) is 1.38. The zero-order valence-electron chi connectivity index (χ0n) is 9.06. The van der Waals surface area contributed by atoms with E-state index in [9.17, 15) is 4.79 Å². The van der Waals surface area contributed by atoms with Crippen molar-refractivity contribution in [2.75, 3.05) is 18.5 Å². The molecule has 1 aromatic rings. The number of nitrogens with zero attached hydrogens (tertiary/aromatic N) is 1. The van der Waals surface area contributed by atoms with Gasteiger partial charge in [0.25, 0.3) is 0 Å². The number of hydrogen-bond donors (Lipinski definition) is 0. The van der Waals surface area contributed by atoms with E-state index in [2.05, 4.69) is 15.9 Å². The first-order valence-corrected chi connectivity index (χ1v) is 6.13. The second kappa shape index (κ2) is 7.11. The number of rotatable bonds is 5. The van der Waals surface area contributed by atoms with Crippen LogP contribution in [0.25, 0.3) is 0 Å². The third-order valence-corrected chi connectivity index (χ3v) is 2.07. The molecule has 0 radical (unpaired) electrons. The number of ether oxygens (including phenoxy) is 1. The molecule has 4 nitrogen and oxygen atoms in total. The van der Waals surface area contributed by atoms with Gasteiger partial charge in [0.15, 0.2) is 5.75 Å². The maximum Gasteiger partial charge on any atom is 0.443 e. The highest BCUT2D eigenvalue weighted by Gasteiger charge is 2.15. The minimum absolute atomic E-state index is 0.329. The van der Waals surface area contributed by atoms with Crippen LogP contribution in [0.1, 0.15) is 6.92 Å². The summed E-state index contributed by atoms with van der Waals surface area (Å²) in [4.78, 5) is 16.9. The lowest BCUT2D eigenvalue weighted by Gasteiger charge is -2.20. The van der Waals surface area contributed by atoms with Gasteiger partial charge in [-0.05, 0) is 19.1 Å². The molecule has 0 saturated carbocycles. The van der Waals surface area contributed by atoms with Crippen LogP contribution in [0.15, 0.2) is 30.3 Å². The Bertz CT molecular complexity index is 318. The quantitative estimate of drug-likeness (QED) is 0.617. The number of halogens is 1. The molecule has 0 N–H and O–H groups in total. The van der Waals surface area contributed by atoms with Crippen molar-refractivity contribution >= 4 is 22.0 Å². The molecule has 0 atom stereocenters. The van der Waals surface area contributed by atoms with Gasteiger partial charge in [-0.15, -0.1) is 5.06 Å². The Hall–Kier alpha value is -1.23. The average Bonchev–Trinajstić information content (AvgIpc) is 2.30. The smallest absolute Gasteiger partial charge is 0.443 e. The van der Waals surface area contributed by atoms with Crippen molar-refractivity contribution in [2.45, 2.75) is 6.92 Å². The summed E-state index contributed by atoms with van der Waals surface area (Å²) in [5, 5.41) is 1.81. The number of benzene rings is 1. The number of alkyl halides is 1. The van der Waals surface area contributed by atoms with Crippen LogP contribution >= 0.6 is 15.9 Å². The van der Waals surface area contributed by atoms with Crippen molar-refractivity contribution in [1.82, 2.24) is 5.06 Å². The zero-order valence-corrected chi connectivity index (χ0v) is 10.6. The second-order valence-corrected chi connectivity index (χ2v) is 3.69. The van der Waals surface area contributed by atoms with Crippen LogP contribution in [0.3, 0.4) is 0 Å². The van der Waals surface area contributed by atoms with Gasteiger partial charge in [0.1, 0.15) is 0 Å². The normalized spacial score (nSPS) is 9.62. The minimum Gasteiger partial charge on any atom is -0.448 e. The molecule has 88 valence electrons. The summed E-state index contributed by atoms with van der Waals surface area (Å²) in [5.41, 5.74) is 0. The molecule has 0 aliphatic carbocycles. The molecule has 1 aromatic carbocycles. The summed E-state index contributed by atoms with van der Waals surface area (Å²) in [7, 11) is 0. The molecule has 0 aliphatic heterocycles. The Morgan fingerprint density at radius 1 is 1.38 bits per heavy atom. The molecule has 0 bridgehead atoms. The molecule has 16 heavy (non-hydrogen) atoms. The van der Waals surface area contributed by atoms with E-state index in [1.54, 1.807) is 19.1 Å². The van der Waals surface area contributed by atoms with E-state index in [1.165, 1.54) is 5.06 Å². The van der Waals surface area contributed by atoms with Gasteiger partial charge in [-0.25, -0.2) is 4.79 Å². The first-order chi connectivity index (χ1) is 7.77. The lowest BCUT2D eigenvalue weighted by Crippen LogP contribution is -2.36. The Balaban J connectivity index is 2.60. The van der Waals surface area contributed by atoms with Gasteiger partial charge in [0.2, 0.25) is 0 Å². The van der Waals surface area contributed by atoms with Crippen LogP contribution in [0, 0.1) is 0 Å². The summed E-state index contributed by atoms with van der Waals surface area (Å²) in [6.07, 6.45) is -0.481.